The van der Waals surface area contributed by atoms with Gasteiger partial charge in [-0.3, -0.25) is 19.4 Å². The molecule has 43 heavy (non-hydrogen) atoms. The van der Waals surface area contributed by atoms with Crippen molar-refractivity contribution in [3.63, 3.8) is 0 Å². The fraction of sp³-hybridized carbons (Fsp3) is 0.0714. The van der Waals surface area contributed by atoms with E-state index in [1.54, 1.807) is 24.3 Å². The van der Waals surface area contributed by atoms with E-state index in [1.165, 1.54) is 36.4 Å². The van der Waals surface area contributed by atoms with Crippen LogP contribution in [0.25, 0.3) is 0 Å². The molecule has 0 bridgehead atoms. The van der Waals surface area contributed by atoms with Gasteiger partial charge in [0, 0.05) is 11.1 Å². The number of hydrogen-bond donors (Lipinski definition) is 1. The quantitative estimate of drug-likeness (QED) is 0.280. The molecule has 0 atom stereocenters. The number of nitrogens with zero attached hydrogens (tertiary/aromatic N) is 2. The number of ether oxygens (including phenoxy) is 1. The number of para-hydroxylation sites is 2. The molecule has 220 valence electrons. The third-order valence-corrected chi connectivity index (χ3v) is 10.9. The lowest BCUT2D eigenvalue weighted by atomic mass is 10.1. The summed E-state index contributed by atoms with van der Waals surface area (Å²) in [5, 5.41) is 9.99. The second kappa shape index (κ2) is 10.4. The Morgan fingerprint density at radius 3 is 1.58 bits per heavy atom. The third kappa shape index (κ3) is 4.98. The van der Waals surface area contributed by atoms with Crippen molar-refractivity contribution >= 4 is 77.7 Å². The molecular weight excluding hydrogens is 663 g/mol. The molecule has 0 fully saturated rings. The number of hydrogen-bond acceptors (Lipinski definition) is 8. The van der Waals surface area contributed by atoms with Crippen molar-refractivity contribution in [1.82, 2.24) is 0 Å². The maximum atomic E-state index is 13.4. The summed E-state index contributed by atoms with van der Waals surface area (Å²) in [7, 11) is -7.46. The van der Waals surface area contributed by atoms with E-state index < -0.39 is 49.0 Å². The number of anilines is 2. The van der Waals surface area contributed by atoms with Crippen molar-refractivity contribution in [2.75, 3.05) is 21.6 Å². The minimum atomic E-state index is -3.74. The molecule has 4 aromatic carbocycles. The molecule has 0 saturated carbocycles. The Hall–Kier alpha value is -3.81. The smallest absolute Gasteiger partial charge is 0.259 e. The van der Waals surface area contributed by atoms with Crippen molar-refractivity contribution in [2.45, 2.75) is 9.79 Å². The lowest BCUT2D eigenvalue weighted by molar-refractivity contribution is 0.0983. The second-order valence-corrected chi connectivity index (χ2v) is 14.6. The fourth-order valence-electron chi connectivity index (χ4n) is 4.82. The van der Waals surface area contributed by atoms with E-state index in [1.807, 2.05) is 0 Å². The van der Waals surface area contributed by atoms with Gasteiger partial charge in [0.05, 0.1) is 36.2 Å². The van der Waals surface area contributed by atoms with Crippen LogP contribution in [-0.4, -0.2) is 45.5 Å². The van der Waals surface area contributed by atoms with Gasteiger partial charge < -0.3 is 9.84 Å². The maximum absolute atomic E-state index is 13.4. The molecule has 4 aromatic rings. The largest absolute Gasteiger partial charge is 0.503 e. The lowest BCUT2D eigenvalue weighted by Gasteiger charge is -2.19. The number of rotatable bonds is 4. The Labute approximate surface area is 260 Å². The predicted molar refractivity (Wildman–Crippen MR) is 160 cm³/mol. The monoisotopic (exact) mass is 678 g/mol. The fourth-order valence-corrected chi connectivity index (χ4v) is 8.63. The third-order valence-electron chi connectivity index (χ3n) is 6.80. The highest BCUT2D eigenvalue weighted by molar-refractivity contribution is 7.92. The van der Waals surface area contributed by atoms with Gasteiger partial charge in [0.1, 0.15) is 11.8 Å². The van der Waals surface area contributed by atoms with Crippen molar-refractivity contribution < 1.29 is 36.3 Å². The number of phenolic OH excluding ortho intramolecular Hbond substituents is 1. The van der Waals surface area contributed by atoms with E-state index >= 15 is 0 Å². The van der Waals surface area contributed by atoms with Gasteiger partial charge in [-0.1, -0.05) is 59.1 Å². The normalized spacial score (nSPS) is 16.1. The van der Waals surface area contributed by atoms with E-state index in [9.17, 15) is 31.5 Å². The molecule has 15 heteroatoms. The highest BCUT2D eigenvalue weighted by Crippen LogP contribution is 2.44. The summed E-state index contributed by atoms with van der Waals surface area (Å²) in [5.74, 6) is -3.63. The number of sulfone groups is 2. The molecule has 0 spiro atoms. The Morgan fingerprint density at radius 1 is 0.674 bits per heavy atom. The van der Waals surface area contributed by atoms with Crippen molar-refractivity contribution in [1.29, 1.82) is 0 Å². The summed E-state index contributed by atoms with van der Waals surface area (Å²) in [6.07, 6.45) is 0. The van der Waals surface area contributed by atoms with E-state index in [2.05, 4.69) is 0 Å². The van der Waals surface area contributed by atoms with Gasteiger partial charge in [-0.25, -0.2) is 16.8 Å². The zero-order valence-electron chi connectivity index (χ0n) is 21.5. The zero-order chi connectivity index (χ0) is 30.8. The summed E-state index contributed by atoms with van der Waals surface area (Å²) in [6, 6.07) is 16.9. The van der Waals surface area contributed by atoms with Crippen molar-refractivity contribution in [3.05, 3.63) is 99.0 Å². The van der Waals surface area contributed by atoms with Crippen LogP contribution < -0.4 is 14.5 Å². The first-order valence-electron chi connectivity index (χ1n) is 12.3. The van der Waals surface area contributed by atoms with Gasteiger partial charge in [-0.15, -0.1) is 0 Å². The number of carbonyl (C=O) groups is 2. The first-order valence-corrected chi connectivity index (χ1v) is 16.7. The summed E-state index contributed by atoms with van der Waals surface area (Å²) in [5.41, 5.74) is 0.278. The van der Waals surface area contributed by atoms with Crippen LogP contribution in [0.3, 0.4) is 0 Å². The molecule has 0 radical (unpaired) electrons. The molecule has 10 nitrogen and oxygen atoms in total. The van der Waals surface area contributed by atoms with Crippen LogP contribution in [-0.2, 0) is 19.7 Å². The van der Waals surface area contributed by atoms with Crippen LogP contribution in [0.5, 0.6) is 17.2 Å². The summed E-state index contributed by atoms with van der Waals surface area (Å²) < 4.78 is 56.0. The highest BCUT2D eigenvalue weighted by atomic mass is 35.5. The lowest BCUT2D eigenvalue weighted by Crippen LogP contribution is -2.30. The number of carbonyl (C=O) groups excluding carboxylic acids is 2. The molecule has 2 amide bonds. The summed E-state index contributed by atoms with van der Waals surface area (Å²) >= 11 is 19.0. The molecule has 0 aromatic heterocycles. The molecule has 0 unspecified atom stereocenters. The minimum absolute atomic E-state index is 0.00733. The van der Waals surface area contributed by atoms with Crippen LogP contribution >= 0.6 is 34.8 Å². The second-order valence-electron chi connectivity index (χ2n) is 9.57. The van der Waals surface area contributed by atoms with E-state index in [-0.39, 0.29) is 58.9 Å². The molecule has 2 heterocycles. The van der Waals surface area contributed by atoms with Gasteiger partial charge in [0.15, 0.2) is 36.9 Å². The molecule has 0 aliphatic carbocycles. The number of fused-ring (bicyclic) bond motifs is 2. The zero-order valence-corrected chi connectivity index (χ0v) is 25.4. The van der Waals surface area contributed by atoms with Crippen LogP contribution in [0, 0.1) is 0 Å². The highest BCUT2D eigenvalue weighted by Gasteiger charge is 2.38. The predicted octanol–water partition coefficient (Wildman–Crippen LogP) is 5.93. The van der Waals surface area contributed by atoms with Crippen LogP contribution in [0.15, 0.2) is 82.6 Å². The molecule has 2 aliphatic heterocycles. The van der Waals surface area contributed by atoms with Gasteiger partial charge in [-0.05, 0) is 48.5 Å². The van der Waals surface area contributed by atoms with E-state index in [4.69, 9.17) is 39.5 Å². The van der Waals surface area contributed by atoms with Gasteiger partial charge in [0.2, 0.25) is 0 Å². The molecule has 2 aliphatic rings. The molecule has 0 saturated heterocycles. The Kier molecular flexibility index (Phi) is 7.09. The number of benzene rings is 4. The van der Waals surface area contributed by atoms with Gasteiger partial charge >= 0.3 is 0 Å². The molecule has 6 rings (SSSR count). The topological polar surface area (TPSA) is 138 Å². The summed E-state index contributed by atoms with van der Waals surface area (Å²) in [4.78, 5) is 28.9. The van der Waals surface area contributed by atoms with Crippen molar-refractivity contribution in [3.8, 4) is 17.2 Å². The van der Waals surface area contributed by atoms with Crippen LogP contribution in [0.1, 0.15) is 20.7 Å². The standard InChI is InChI=1S/C28H17Cl3N2O8S2/c29-17-9-16(28(36)33-14-43(39,40)24-8-4-2-6-21(24)33)12-22(25(17)34)41-26-18(30)10-15(11-19(26)31)27(35)32-13-42(37,38)23-7-3-1-5-20(23)32/h1-12,34H,13-14H2. The first kappa shape index (κ1) is 29.3. The SMILES string of the molecule is O=C(c1cc(Cl)c(Oc2cc(C(=O)N3CS(=O)(=O)c4ccccc43)cc(Cl)c2O)c(Cl)c1)N1CS(=O)(=O)c2ccccc21. The average molecular weight is 680 g/mol. The van der Waals surface area contributed by atoms with E-state index in [0.717, 1.165) is 21.9 Å². The minimum Gasteiger partial charge on any atom is -0.503 e. The van der Waals surface area contributed by atoms with Crippen LogP contribution in [0.4, 0.5) is 11.4 Å². The number of aromatic hydroxyl groups is 1. The maximum Gasteiger partial charge on any atom is 0.259 e. The van der Waals surface area contributed by atoms with Gasteiger partial charge in [-0.2, -0.15) is 0 Å². The number of amides is 2. The Bertz CT molecular complexity index is 2080. The number of halogens is 3. The van der Waals surface area contributed by atoms with E-state index in [0.29, 0.717) is 0 Å². The Morgan fingerprint density at radius 2 is 1.09 bits per heavy atom. The summed E-state index contributed by atoms with van der Waals surface area (Å²) in [6.45, 7) is 0. The number of phenols is 1. The van der Waals surface area contributed by atoms with Crippen LogP contribution in [0.2, 0.25) is 15.1 Å². The molecular formula is C28H17Cl3N2O8S2. The molecule has 1 N–H and O–H groups in total. The first-order chi connectivity index (χ1) is 20.3. The Balaban J connectivity index is 1.31. The van der Waals surface area contributed by atoms with Gasteiger partial charge in [0.25, 0.3) is 11.8 Å². The van der Waals surface area contributed by atoms with Crippen molar-refractivity contribution in [2.24, 2.45) is 0 Å². The average Bonchev–Trinajstić information content (AvgIpc) is 3.41.